The third kappa shape index (κ3) is 0.551. The largest absolute Gasteiger partial charge is 0.347 e. The highest BCUT2D eigenvalue weighted by atomic mass is 16.7. The van der Waals surface area contributed by atoms with Crippen LogP contribution in [-0.2, 0) is 14.3 Å². The van der Waals surface area contributed by atoms with Crippen molar-refractivity contribution >= 4 is 5.78 Å². The molecule has 2 saturated carbocycles. The van der Waals surface area contributed by atoms with Crippen LogP contribution in [0.15, 0.2) is 0 Å². The van der Waals surface area contributed by atoms with Crippen molar-refractivity contribution in [2.24, 2.45) is 16.7 Å². The van der Waals surface area contributed by atoms with Crippen LogP contribution in [-0.4, -0.2) is 25.3 Å². The van der Waals surface area contributed by atoms with Crippen LogP contribution < -0.4 is 0 Å². The van der Waals surface area contributed by atoms with Crippen molar-refractivity contribution in [1.29, 1.82) is 0 Å². The van der Waals surface area contributed by atoms with Crippen LogP contribution in [0.4, 0.5) is 0 Å². The van der Waals surface area contributed by atoms with Gasteiger partial charge in [-0.15, -0.1) is 0 Å². The zero-order chi connectivity index (χ0) is 10.2. The average molecular weight is 196 g/mol. The van der Waals surface area contributed by atoms with Crippen molar-refractivity contribution in [3.8, 4) is 0 Å². The predicted octanol–water partition coefficient (Wildman–Crippen LogP) is 1.36. The van der Waals surface area contributed by atoms with Gasteiger partial charge in [0.2, 0.25) is 5.79 Å². The Hall–Kier alpha value is -0.410. The van der Waals surface area contributed by atoms with Crippen LogP contribution in [0.2, 0.25) is 0 Å². The van der Waals surface area contributed by atoms with Gasteiger partial charge in [0.1, 0.15) is 0 Å². The van der Waals surface area contributed by atoms with Crippen molar-refractivity contribution in [1.82, 2.24) is 0 Å². The maximum Gasteiger partial charge on any atom is 0.232 e. The maximum absolute atomic E-state index is 12.3. The minimum absolute atomic E-state index is 0.0140. The van der Waals surface area contributed by atoms with E-state index < -0.39 is 5.79 Å². The van der Waals surface area contributed by atoms with E-state index in [1.165, 1.54) is 0 Å². The lowest BCUT2D eigenvalue weighted by Crippen LogP contribution is -2.52. The first-order chi connectivity index (χ1) is 6.51. The second-order valence-corrected chi connectivity index (χ2v) is 5.33. The molecule has 1 saturated heterocycles. The van der Waals surface area contributed by atoms with E-state index in [0.29, 0.717) is 6.61 Å². The molecular weight excluding hydrogens is 180 g/mol. The van der Waals surface area contributed by atoms with E-state index in [1.54, 1.807) is 7.11 Å². The minimum atomic E-state index is -0.887. The van der Waals surface area contributed by atoms with Gasteiger partial charge in [0.05, 0.1) is 6.61 Å². The second kappa shape index (κ2) is 2.07. The Morgan fingerprint density at radius 3 is 2.64 bits per heavy atom. The Morgan fingerprint density at radius 1 is 1.50 bits per heavy atom. The number of ketones is 1. The fourth-order valence-corrected chi connectivity index (χ4v) is 3.92. The summed E-state index contributed by atoms with van der Waals surface area (Å²) in [6.45, 7) is 4.93. The van der Waals surface area contributed by atoms with Gasteiger partial charge in [-0.05, 0) is 12.8 Å². The van der Waals surface area contributed by atoms with Gasteiger partial charge in [0.25, 0.3) is 0 Å². The van der Waals surface area contributed by atoms with Gasteiger partial charge in [0, 0.05) is 23.9 Å². The summed E-state index contributed by atoms with van der Waals surface area (Å²) in [5.74, 6) is -0.433. The summed E-state index contributed by atoms with van der Waals surface area (Å²) in [4.78, 5) is 12.3. The number of hydrogen-bond acceptors (Lipinski definition) is 3. The zero-order valence-electron chi connectivity index (χ0n) is 8.92. The maximum atomic E-state index is 12.3. The van der Waals surface area contributed by atoms with Gasteiger partial charge < -0.3 is 9.47 Å². The third-order valence-electron chi connectivity index (χ3n) is 5.13. The van der Waals surface area contributed by atoms with Crippen molar-refractivity contribution in [2.75, 3.05) is 13.7 Å². The zero-order valence-corrected chi connectivity index (χ0v) is 8.92. The van der Waals surface area contributed by atoms with Crippen molar-refractivity contribution in [3.05, 3.63) is 0 Å². The Kier molecular flexibility index (Phi) is 1.31. The molecule has 4 atom stereocenters. The fraction of sp³-hybridized carbons (Fsp3) is 0.909. The first kappa shape index (κ1) is 8.86. The number of carbonyl (C=O) groups is 1. The number of carbonyl (C=O) groups excluding carboxylic acids is 1. The molecule has 0 aromatic heterocycles. The molecule has 0 radical (unpaired) electrons. The molecule has 0 amide bonds. The lowest BCUT2D eigenvalue weighted by atomic mass is 9.69. The predicted molar refractivity (Wildman–Crippen MR) is 49.6 cm³/mol. The standard InChI is InChI=1S/C11H16O3/c1-9-5-4-7-10(9,2)6-14-11(7,13-3)8(9)12/h7H,4-6H2,1-3H3/t7-,9+,10+,11-/m1/s1. The summed E-state index contributed by atoms with van der Waals surface area (Å²) in [6, 6.07) is 0. The smallest absolute Gasteiger partial charge is 0.232 e. The number of Topliss-reactive ketones (excluding diaryl/α,β-unsaturated/α-hetero) is 1. The molecule has 1 aliphatic heterocycles. The van der Waals surface area contributed by atoms with E-state index >= 15 is 0 Å². The van der Waals surface area contributed by atoms with Crippen LogP contribution in [0.5, 0.6) is 0 Å². The summed E-state index contributed by atoms with van der Waals surface area (Å²) in [5.41, 5.74) is -0.188. The molecule has 0 unspecified atom stereocenters. The normalized spacial score (nSPS) is 59.9. The topological polar surface area (TPSA) is 35.5 Å². The van der Waals surface area contributed by atoms with Gasteiger partial charge in [0.15, 0.2) is 5.78 Å². The highest BCUT2D eigenvalue weighted by Crippen LogP contribution is 2.72. The van der Waals surface area contributed by atoms with Gasteiger partial charge in [-0.3, -0.25) is 4.79 Å². The molecule has 3 nitrogen and oxygen atoms in total. The van der Waals surface area contributed by atoms with E-state index in [-0.39, 0.29) is 22.5 Å². The molecule has 3 fully saturated rings. The molecule has 4 bridgehead atoms. The number of hydrogen-bond donors (Lipinski definition) is 0. The minimum Gasteiger partial charge on any atom is -0.347 e. The number of rotatable bonds is 1. The van der Waals surface area contributed by atoms with Crippen molar-refractivity contribution in [2.45, 2.75) is 32.5 Å². The average Bonchev–Trinajstić information content (AvgIpc) is 2.65. The van der Waals surface area contributed by atoms with E-state index in [0.717, 1.165) is 12.8 Å². The molecule has 3 aliphatic rings. The van der Waals surface area contributed by atoms with Crippen molar-refractivity contribution < 1.29 is 14.3 Å². The van der Waals surface area contributed by atoms with E-state index in [4.69, 9.17) is 9.47 Å². The molecule has 14 heavy (non-hydrogen) atoms. The summed E-state index contributed by atoms with van der Waals surface area (Å²) in [6.07, 6.45) is 2.06. The monoisotopic (exact) mass is 196 g/mol. The van der Waals surface area contributed by atoms with E-state index in [1.807, 2.05) is 0 Å². The lowest BCUT2D eigenvalue weighted by Gasteiger charge is -2.39. The first-order valence-electron chi connectivity index (χ1n) is 5.25. The molecule has 0 spiro atoms. The van der Waals surface area contributed by atoms with E-state index in [9.17, 15) is 4.79 Å². The van der Waals surface area contributed by atoms with E-state index in [2.05, 4.69) is 13.8 Å². The third-order valence-corrected chi connectivity index (χ3v) is 5.13. The van der Waals surface area contributed by atoms with Crippen LogP contribution in [0.25, 0.3) is 0 Å². The molecular formula is C11H16O3. The van der Waals surface area contributed by atoms with Crippen LogP contribution in [0.1, 0.15) is 26.7 Å². The highest BCUT2D eigenvalue weighted by Gasteiger charge is 2.80. The van der Waals surface area contributed by atoms with Gasteiger partial charge in [-0.25, -0.2) is 0 Å². The first-order valence-corrected chi connectivity index (χ1v) is 5.25. The summed E-state index contributed by atoms with van der Waals surface area (Å²) < 4.78 is 11.0. The number of methoxy groups -OCH3 is 1. The molecule has 2 aliphatic carbocycles. The van der Waals surface area contributed by atoms with Gasteiger partial charge >= 0.3 is 0 Å². The Morgan fingerprint density at radius 2 is 2.21 bits per heavy atom. The summed E-state index contributed by atoms with van der Waals surface area (Å²) >= 11 is 0. The molecule has 1 heterocycles. The quantitative estimate of drug-likeness (QED) is 0.635. The van der Waals surface area contributed by atoms with Crippen LogP contribution >= 0.6 is 0 Å². The molecule has 0 N–H and O–H groups in total. The number of ether oxygens (including phenoxy) is 2. The SMILES string of the molecule is CO[C@@]12OC[C@@]3(C)[C@H]1CC[C@@]3(C)C2=O. The molecule has 0 aromatic carbocycles. The molecule has 3 heteroatoms. The lowest BCUT2D eigenvalue weighted by molar-refractivity contribution is -0.226. The van der Waals surface area contributed by atoms with Crippen LogP contribution in [0.3, 0.4) is 0 Å². The Bertz CT molecular complexity index is 326. The summed E-state index contributed by atoms with van der Waals surface area (Å²) in [7, 11) is 1.59. The van der Waals surface area contributed by atoms with Gasteiger partial charge in [-0.2, -0.15) is 0 Å². The highest BCUT2D eigenvalue weighted by molar-refractivity contribution is 5.97. The Labute approximate surface area is 83.8 Å². The molecule has 0 aromatic rings. The van der Waals surface area contributed by atoms with Crippen LogP contribution in [0, 0.1) is 16.7 Å². The molecule has 78 valence electrons. The Balaban J connectivity index is 2.21. The van der Waals surface area contributed by atoms with Crippen molar-refractivity contribution in [3.63, 3.8) is 0 Å². The fourth-order valence-electron chi connectivity index (χ4n) is 3.92. The molecule has 3 rings (SSSR count). The summed E-state index contributed by atoms with van der Waals surface area (Å²) in [5, 5.41) is 0. The second-order valence-electron chi connectivity index (χ2n) is 5.33. The van der Waals surface area contributed by atoms with Gasteiger partial charge in [-0.1, -0.05) is 13.8 Å².